The molecule has 1 heterocycles. The van der Waals surface area contributed by atoms with Crippen LogP contribution < -0.4 is 10.7 Å². The first-order valence-electron chi connectivity index (χ1n) is 9.53. The van der Waals surface area contributed by atoms with Crippen molar-refractivity contribution in [3.63, 3.8) is 0 Å². The van der Waals surface area contributed by atoms with Gasteiger partial charge >= 0.3 is 18.0 Å². The summed E-state index contributed by atoms with van der Waals surface area (Å²) in [7, 11) is 0. The van der Waals surface area contributed by atoms with Gasteiger partial charge in [-0.05, 0) is 56.3 Å². The van der Waals surface area contributed by atoms with Gasteiger partial charge in [-0.2, -0.15) is 18.3 Å². The maximum Gasteiger partial charge on any atom is 0.417 e. The lowest BCUT2D eigenvalue weighted by Crippen LogP contribution is -2.32. The first kappa shape index (κ1) is 25.6. The van der Waals surface area contributed by atoms with Crippen molar-refractivity contribution in [2.75, 3.05) is 5.32 Å². The number of nitrogens with zero attached hydrogens (tertiary/aromatic N) is 2. The van der Waals surface area contributed by atoms with Crippen LogP contribution in [-0.2, 0) is 15.8 Å². The highest BCUT2D eigenvalue weighted by Gasteiger charge is 2.33. The summed E-state index contributed by atoms with van der Waals surface area (Å²) in [4.78, 5) is 24.1. The molecule has 2 N–H and O–H groups in total. The minimum Gasteiger partial charge on any atom is -0.318 e. The monoisotopic (exact) mass is 530 g/mol. The average Bonchev–Trinajstić information content (AvgIpc) is 3.00. The molecule has 0 aliphatic carbocycles. The number of nitrogens with one attached hydrogen (secondary N) is 2. The van der Waals surface area contributed by atoms with E-state index in [2.05, 4.69) is 10.4 Å². The lowest BCUT2D eigenvalue weighted by molar-refractivity contribution is -0.137. The van der Waals surface area contributed by atoms with Crippen LogP contribution in [0.4, 0.5) is 18.9 Å². The van der Waals surface area contributed by atoms with Crippen LogP contribution in [0.5, 0.6) is 0 Å². The highest BCUT2D eigenvalue weighted by atomic mass is 35.5. The fourth-order valence-electron chi connectivity index (χ4n) is 3.20. The molecule has 0 fully saturated rings. The topological polar surface area (TPSA) is 75.5 Å². The summed E-state index contributed by atoms with van der Waals surface area (Å²) in [6.45, 7) is 3.67. The third kappa shape index (κ3) is 5.91. The second-order valence-corrected chi connectivity index (χ2v) is 8.42. The maximum atomic E-state index is 13.0. The van der Waals surface area contributed by atoms with E-state index >= 15 is 0 Å². The van der Waals surface area contributed by atoms with E-state index in [4.69, 9.17) is 34.8 Å². The predicted octanol–water partition coefficient (Wildman–Crippen LogP) is 6.16. The number of anilines is 1. The Morgan fingerprint density at radius 1 is 0.971 bits per heavy atom. The molecular weight excluding hydrogens is 516 g/mol. The quantitative estimate of drug-likeness (QED) is 0.240. The van der Waals surface area contributed by atoms with Crippen molar-refractivity contribution in [1.82, 2.24) is 9.99 Å². The van der Waals surface area contributed by atoms with Gasteiger partial charge in [-0.15, -0.1) is 0 Å². The van der Waals surface area contributed by atoms with Crippen LogP contribution >= 0.6 is 34.8 Å². The molecule has 3 aromatic rings. The predicted molar refractivity (Wildman–Crippen MR) is 126 cm³/mol. The third-order valence-corrected chi connectivity index (χ3v) is 5.45. The molecule has 0 radical (unpaired) electrons. The van der Waals surface area contributed by atoms with Gasteiger partial charge in [-0.1, -0.05) is 34.8 Å². The molecular formula is C22H16Cl3F3N4O2. The molecule has 0 spiro atoms. The number of alkyl halides is 3. The van der Waals surface area contributed by atoms with Crippen molar-refractivity contribution in [1.29, 1.82) is 0 Å². The van der Waals surface area contributed by atoms with Gasteiger partial charge in [0.25, 0.3) is 0 Å². The zero-order valence-electron chi connectivity index (χ0n) is 17.6. The van der Waals surface area contributed by atoms with Crippen molar-refractivity contribution in [2.45, 2.75) is 20.0 Å². The Morgan fingerprint density at radius 2 is 1.62 bits per heavy atom. The number of carbonyl (C=O) groups excluding carboxylic acids is 2. The third-order valence-electron chi connectivity index (χ3n) is 4.68. The smallest absolute Gasteiger partial charge is 0.318 e. The molecule has 178 valence electrons. The summed E-state index contributed by atoms with van der Waals surface area (Å²) in [6.07, 6.45) is -3.38. The van der Waals surface area contributed by atoms with Crippen molar-refractivity contribution in [2.24, 2.45) is 5.10 Å². The maximum absolute atomic E-state index is 13.0. The molecule has 0 unspecified atom stereocenters. The van der Waals surface area contributed by atoms with Crippen LogP contribution in [0.3, 0.4) is 0 Å². The van der Waals surface area contributed by atoms with E-state index in [1.54, 1.807) is 24.3 Å². The second-order valence-electron chi connectivity index (χ2n) is 7.14. The number of halogens is 6. The Labute approximate surface area is 207 Å². The fourth-order valence-corrected chi connectivity index (χ4v) is 3.94. The summed E-state index contributed by atoms with van der Waals surface area (Å²) in [6, 6.07) is 9.63. The fraction of sp³-hybridized carbons (Fsp3) is 0.136. The van der Waals surface area contributed by atoms with Crippen molar-refractivity contribution < 1.29 is 22.8 Å². The summed E-state index contributed by atoms with van der Waals surface area (Å²) in [5.74, 6) is -2.37. The number of hydrogen-bond acceptors (Lipinski definition) is 3. The first-order chi connectivity index (χ1) is 15.9. The van der Waals surface area contributed by atoms with E-state index in [1.807, 2.05) is 23.8 Å². The molecule has 0 atom stereocenters. The van der Waals surface area contributed by atoms with Gasteiger partial charge in [0.2, 0.25) is 0 Å². The SMILES string of the molecule is Cc1cc(/C=N\NC(=O)C(=O)Nc2ccc(Cl)c(C(F)(F)F)c2)c(C)n1-c1cc(Cl)cc(Cl)c1. The molecule has 0 bridgehead atoms. The van der Waals surface area contributed by atoms with Gasteiger partial charge in [0.1, 0.15) is 0 Å². The van der Waals surface area contributed by atoms with E-state index in [0.717, 1.165) is 29.2 Å². The molecule has 2 amide bonds. The number of amides is 2. The normalized spacial score (nSPS) is 11.6. The van der Waals surface area contributed by atoms with Gasteiger partial charge in [0, 0.05) is 38.4 Å². The number of aryl methyl sites for hydroxylation is 1. The number of benzene rings is 2. The molecule has 3 rings (SSSR count). The van der Waals surface area contributed by atoms with Gasteiger partial charge in [-0.3, -0.25) is 9.59 Å². The van der Waals surface area contributed by atoms with E-state index in [9.17, 15) is 22.8 Å². The van der Waals surface area contributed by atoms with Crippen LogP contribution in [0, 0.1) is 13.8 Å². The van der Waals surface area contributed by atoms with E-state index in [1.165, 1.54) is 6.21 Å². The zero-order valence-corrected chi connectivity index (χ0v) is 19.9. The molecule has 0 saturated carbocycles. The molecule has 0 saturated heterocycles. The number of aromatic nitrogens is 1. The van der Waals surface area contributed by atoms with Gasteiger partial charge < -0.3 is 9.88 Å². The molecule has 0 aliphatic heterocycles. The number of carbonyl (C=O) groups is 2. The Bertz CT molecular complexity index is 1280. The molecule has 6 nitrogen and oxygen atoms in total. The van der Waals surface area contributed by atoms with Crippen LogP contribution in [0.15, 0.2) is 47.6 Å². The Hall–Kier alpha value is -3.01. The Kier molecular flexibility index (Phi) is 7.60. The molecule has 0 aliphatic rings. The zero-order chi connectivity index (χ0) is 25.2. The summed E-state index contributed by atoms with van der Waals surface area (Å²) in [5, 5.41) is 6.24. The Balaban J connectivity index is 1.70. The van der Waals surface area contributed by atoms with Crippen molar-refractivity contribution in [3.05, 3.63) is 80.0 Å². The molecule has 12 heteroatoms. The first-order valence-corrected chi connectivity index (χ1v) is 10.7. The lowest BCUT2D eigenvalue weighted by atomic mass is 10.2. The summed E-state index contributed by atoms with van der Waals surface area (Å²) < 4.78 is 40.7. The van der Waals surface area contributed by atoms with Crippen molar-refractivity contribution >= 4 is 58.5 Å². The minimum atomic E-state index is -4.72. The molecule has 34 heavy (non-hydrogen) atoms. The standard InChI is InChI=1S/C22H16Cl3F3N4O2/c1-11-5-13(12(2)32(11)17-7-14(23)6-15(24)8-17)10-29-31-21(34)20(33)30-16-3-4-19(25)18(9-16)22(26,27)28/h3-10H,1-2H3,(H,30,33)(H,31,34)/b29-10-. The lowest BCUT2D eigenvalue weighted by Gasteiger charge is -2.11. The van der Waals surface area contributed by atoms with Crippen LogP contribution in [0.1, 0.15) is 22.5 Å². The summed E-state index contributed by atoms with van der Waals surface area (Å²) >= 11 is 17.7. The molecule has 2 aromatic carbocycles. The highest BCUT2D eigenvalue weighted by Crippen LogP contribution is 2.36. The minimum absolute atomic E-state index is 0.246. The number of hydrogen-bond donors (Lipinski definition) is 2. The molecule has 1 aromatic heterocycles. The van der Waals surface area contributed by atoms with Crippen LogP contribution in [0.2, 0.25) is 15.1 Å². The van der Waals surface area contributed by atoms with Crippen LogP contribution in [0.25, 0.3) is 5.69 Å². The highest BCUT2D eigenvalue weighted by molar-refractivity contribution is 6.39. The van der Waals surface area contributed by atoms with Gasteiger partial charge in [-0.25, -0.2) is 5.43 Å². The number of rotatable bonds is 4. The van der Waals surface area contributed by atoms with Gasteiger partial charge in [0.15, 0.2) is 0 Å². The van der Waals surface area contributed by atoms with E-state index < -0.39 is 28.6 Å². The number of hydrazone groups is 1. The van der Waals surface area contributed by atoms with Gasteiger partial charge in [0.05, 0.1) is 16.8 Å². The summed E-state index contributed by atoms with van der Waals surface area (Å²) in [5.41, 5.74) is 3.63. The van der Waals surface area contributed by atoms with Crippen molar-refractivity contribution in [3.8, 4) is 5.69 Å². The Morgan fingerprint density at radius 3 is 2.24 bits per heavy atom. The van der Waals surface area contributed by atoms with E-state index in [0.29, 0.717) is 21.7 Å². The second kappa shape index (κ2) is 10.1. The average molecular weight is 532 g/mol. The largest absolute Gasteiger partial charge is 0.417 e. The van der Waals surface area contributed by atoms with Crippen LogP contribution in [-0.4, -0.2) is 22.6 Å². The van der Waals surface area contributed by atoms with E-state index in [-0.39, 0.29) is 5.69 Å².